The predicted molar refractivity (Wildman–Crippen MR) is 58.3 cm³/mol. The van der Waals surface area contributed by atoms with Crippen molar-refractivity contribution in [3.05, 3.63) is 18.2 Å². The van der Waals surface area contributed by atoms with E-state index in [1.54, 1.807) is 33.3 Å². The third kappa shape index (κ3) is 2.87. The molecule has 1 aromatic carbocycles. The summed E-state index contributed by atoms with van der Waals surface area (Å²) in [6.07, 6.45) is 1.85. The quantitative estimate of drug-likeness (QED) is 0.798. The van der Waals surface area contributed by atoms with Crippen LogP contribution in [-0.2, 0) is 4.79 Å². The topological polar surface area (TPSA) is 47.6 Å². The highest BCUT2D eigenvalue weighted by atomic mass is 16.5. The van der Waals surface area contributed by atoms with Gasteiger partial charge in [0.15, 0.2) is 11.5 Å². The van der Waals surface area contributed by atoms with Crippen LogP contribution in [0.15, 0.2) is 18.2 Å². The molecule has 0 unspecified atom stereocenters. The Morgan fingerprint density at radius 1 is 1.27 bits per heavy atom. The minimum atomic E-state index is -0.344. The average Bonchev–Trinajstić information content (AvgIpc) is 2.28. The van der Waals surface area contributed by atoms with Crippen LogP contribution in [0.5, 0.6) is 11.5 Å². The normalized spacial score (nSPS) is 11.7. The van der Waals surface area contributed by atoms with Crippen LogP contribution in [0.4, 0.5) is 5.69 Å². The molecule has 15 heavy (non-hydrogen) atoms. The van der Waals surface area contributed by atoms with E-state index >= 15 is 0 Å². The zero-order chi connectivity index (χ0) is 11.3. The molecule has 0 fully saturated rings. The van der Waals surface area contributed by atoms with Gasteiger partial charge in [-0.1, -0.05) is 0 Å². The van der Waals surface area contributed by atoms with E-state index < -0.39 is 0 Å². The first kappa shape index (κ1) is 11.4. The number of methoxy groups -OCH3 is 2. The van der Waals surface area contributed by atoms with Crippen molar-refractivity contribution in [3.8, 4) is 11.5 Å². The summed E-state index contributed by atoms with van der Waals surface area (Å²) < 4.78 is 10.2. The monoisotopic (exact) mass is 208 g/mol. The Morgan fingerprint density at radius 2 is 1.93 bits per heavy atom. The Hall–Kier alpha value is -1.71. The van der Waals surface area contributed by atoms with Crippen LogP contribution >= 0.6 is 0 Å². The van der Waals surface area contributed by atoms with Crippen LogP contribution in [0.1, 0.15) is 6.92 Å². The molecule has 0 aliphatic heterocycles. The summed E-state index contributed by atoms with van der Waals surface area (Å²) in [5, 5.41) is 2.96. The van der Waals surface area contributed by atoms with Gasteiger partial charge in [0.2, 0.25) is 6.29 Å². The Bertz CT molecular complexity index is 339. The van der Waals surface area contributed by atoms with Gasteiger partial charge < -0.3 is 14.8 Å². The van der Waals surface area contributed by atoms with Gasteiger partial charge in [-0.3, -0.25) is 4.79 Å². The second-order valence-corrected chi connectivity index (χ2v) is 3.05. The van der Waals surface area contributed by atoms with Gasteiger partial charge in [-0.15, -0.1) is 0 Å². The standard InChI is InChI=1S/C11H14NO3/c1-8(7-13)12-9-4-5-10(14-2)11(6-9)15-3/h4-6,8,12H,1-3H3/t8-/m0/s1. The number of carbonyl (C=O) groups excluding carboxylic acids is 1. The van der Waals surface area contributed by atoms with Crippen molar-refractivity contribution >= 4 is 12.0 Å². The summed E-state index contributed by atoms with van der Waals surface area (Å²) in [4.78, 5) is 10.3. The summed E-state index contributed by atoms with van der Waals surface area (Å²) in [6.45, 7) is 1.73. The van der Waals surface area contributed by atoms with E-state index in [2.05, 4.69) is 5.32 Å². The summed E-state index contributed by atoms with van der Waals surface area (Å²) in [7, 11) is 3.14. The summed E-state index contributed by atoms with van der Waals surface area (Å²) in [5.74, 6) is 1.28. The molecular formula is C11H14NO3. The Balaban J connectivity index is 2.87. The number of ether oxygens (including phenoxy) is 2. The lowest BCUT2D eigenvalue weighted by atomic mass is 10.2. The fraction of sp³-hybridized carbons (Fsp3) is 0.364. The zero-order valence-corrected chi connectivity index (χ0v) is 9.03. The summed E-state index contributed by atoms with van der Waals surface area (Å²) in [6, 6.07) is 5.02. The fourth-order valence-corrected chi connectivity index (χ4v) is 1.21. The highest BCUT2D eigenvalue weighted by molar-refractivity contribution is 5.65. The highest BCUT2D eigenvalue weighted by Crippen LogP contribution is 2.29. The lowest BCUT2D eigenvalue weighted by Crippen LogP contribution is -2.15. The molecule has 0 saturated carbocycles. The molecule has 81 valence electrons. The fourth-order valence-electron chi connectivity index (χ4n) is 1.21. The van der Waals surface area contributed by atoms with Crippen molar-refractivity contribution in [3.63, 3.8) is 0 Å². The Morgan fingerprint density at radius 3 is 2.47 bits per heavy atom. The molecule has 4 nitrogen and oxygen atoms in total. The van der Waals surface area contributed by atoms with Gasteiger partial charge in [0.25, 0.3) is 0 Å². The number of rotatable bonds is 5. The first-order valence-electron chi connectivity index (χ1n) is 4.57. The van der Waals surface area contributed by atoms with E-state index in [9.17, 15) is 4.79 Å². The van der Waals surface area contributed by atoms with E-state index in [1.165, 1.54) is 0 Å². The van der Waals surface area contributed by atoms with Crippen LogP contribution < -0.4 is 14.8 Å². The molecule has 0 heterocycles. The number of anilines is 1. The Kier molecular flexibility index (Phi) is 3.97. The summed E-state index contributed by atoms with van der Waals surface area (Å²) in [5.41, 5.74) is 0.795. The third-order valence-electron chi connectivity index (χ3n) is 1.94. The van der Waals surface area contributed by atoms with E-state index in [4.69, 9.17) is 9.47 Å². The molecule has 1 radical (unpaired) electrons. The highest BCUT2D eigenvalue weighted by Gasteiger charge is 2.06. The van der Waals surface area contributed by atoms with Gasteiger partial charge in [-0.05, 0) is 19.1 Å². The predicted octanol–water partition coefficient (Wildman–Crippen LogP) is 1.61. The lowest BCUT2D eigenvalue weighted by molar-refractivity contribution is 0.355. The van der Waals surface area contributed by atoms with Crippen LogP contribution in [-0.4, -0.2) is 26.5 Å². The molecule has 0 aliphatic carbocycles. The van der Waals surface area contributed by atoms with Crippen LogP contribution in [0.3, 0.4) is 0 Å². The number of hydrogen-bond donors (Lipinski definition) is 1. The van der Waals surface area contributed by atoms with Crippen molar-refractivity contribution in [2.45, 2.75) is 13.0 Å². The summed E-state index contributed by atoms with van der Waals surface area (Å²) >= 11 is 0. The first-order valence-corrected chi connectivity index (χ1v) is 4.57. The van der Waals surface area contributed by atoms with Crippen LogP contribution in [0.25, 0.3) is 0 Å². The van der Waals surface area contributed by atoms with Crippen LogP contribution in [0.2, 0.25) is 0 Å². The van der Waals surface area contributed by atoms with Gasteiger partial charge in [0.1, 0.15) is 0 Å². The third-order valence-corrected chi connectivity index (χ3v) is 1.94. The maximum atomic E-state index is 10.3. The number of benzene rings is 1. The van der Waals surface area contributed by atoms with Gasteiger partial charge in [0.05, 0.1) is 20.3 Å². The van der Waals surface area contributed by atoms with Gasteiger partial charge >= 0.3 is 0 Å². The van der Waals surface area contributed by atoms with Gasteiger partial charge in [0, 0.05) is 11.8 Å². The smallest absolute Gasteiger partial charge is 0.222 e. The molecule has 0 amide bonds. The maximum Gasteiger partial charge on any atom is 0.222 e. The van der Waals surface area contributed by atoms with E-state index in [0.29, 0.717) is 11.5 Å². The number of nitrogens with one attached hydrogen (secondary N) is 1. The molecule has 1 aromatic rings. The van der Waals surface area contributed by atoms with Crippen molar-refractivity contribution < 1.29 is 14.3 Å². The molecule has 1 atom stereocenters. The molecule has 4 heteroatoms. The molecule has 0 bridgehead atoms. The van der Waals surface area contributed by atoms with Crippen molar-refractivity contribution in [2.24, 2.45) is 0 Å². The lowest BCUT2D eigenvalue weighted by Gasteiger charge is -2.12. The first-order chi connectivity index (χ1) is 7.21. The van der Waals surface area contributed by atoms with E-state index in [0.717, 1.165) is 5.69 Å². The molecule has 1 N–H and O–H groups in total. The van der Waals surface area contributed by atoms with Crippen LogP contribution in [0, 0.1) is 0 Å². The van der Waals surface area contributed by atoms with Gasteiger partial charge in [-0.25, -0.2) is 0 Å². The molecule has 0 spiro atoms. The second-order valence-electron chi connectivity index (χ2n) is 3.05. The zero-order valence-electron chi connectivity index (χ0n) is 9.03. The van der Waals surface area contributed by atoms with Crippen molar-refractivity contribution in [1.82, 2.24) is 0 Å². The second kappa shape index (κ2) is 5.24. The molecule has 0 aromatic heterocycles. The van der Waals surface area contributed by atoms with E-state index in [1.807, 2.05) is 12.4 Å². The Labute approximate surface area is 89.2 Å². The molecule has 1 rings (SSSR count). The SMILES string of the molecule is COc1ccc(N[C@@H](C)[C]=O)cc1OC. The minimum Gasteiger partial charge on any atom is -0.493 e. The minimum absolute atomic E-state index is 0.344. The maximum absolute atomic E-state index is 10.3. The van der Waals surface area contributed by atoms with Gasteiger partial charge in [-0.2, -0.15) is 0 Å². The van der Waals surface area contributed by atoms with Crippen molar-refractivity contribution in [2.75, 3.05) is 19.5 Å². The largest absolute Gasteiger partial charge is 0.493 e. The molecule has 0 aliphatic rings. The average molecular weight is 208 g/mol. The number of hydrogen-bond acceptors (Lipinski definition) is 4. The molecule has 0 saturated heterocycles. The van der Waals surface area contributed by atoms with E-state index in [-0.39, 0.29) is 6.04 Å². The molecular weight excluding hydrogens is 194 g/mol. The van der Waals surface area contributed by atoms with Crippen molar-refractivity contribution in [1.29, 1.82) is 0 Å².